The van der Waals surface area contributed by atoms with Gasteiger partial charge in [0.15, 0.2) is 5.71 Å². The number of nitrogens with one attached hydrogen (secondary N) is 1. The summed E-state index contributed by atoms with van der Waals surface area (Å²) in [6.07, 6.45) is 6.23. The summed E-state index contributed by atoms with van der Waals surface area (Å²) in [6.45, 7) is 0. The highest BCUT2D eigenvalue weighted by atomic mass is 32.2. The number of aromatic carboxylic acids is 1. The normalized spacial score (nSPS) is 15.1. The smallest absolute Gasteiger partial charge is 0.339 e. The number of fused-ring (bicyclic) bond motifs is 1. The molecule has 0 radical (unpaired) electrons. The first-order valence-corrected chi connectivity index (χ1v) is 16.6. The van der Waals surface area contributed by atoms with Gasteiger partial charge in [-0.1, -0.05) is 0 Å². The largest absolute Gasteiger partial charge is 0.507 e. The van der Waals surface area contributed by atoms with Crippen LogP contribution in [0.2, 0.25) is 0 Å². The van der Waals surface area contributed by atoms with E-state index in [0.29, 0.717) is 17.9 Å². The third-order valence-electron chi connectivity index (χ3n) is 6.83. The van der Waals surface area contributed by atoms with Crippen LogP contribution in [0.25, 0.3) is 6.08 Å². The van der Waals surface area contributed by atoms with Gasteiger partial charge in [0, 0.05) is 12.1 Å². The number of aromatic hydroxyl groups is 1. The van der Waals surface area contributed by atoms with Crippen molar-refractivity contribution in [3.8, 4) is 5.75 Å². The lowest BCUT2D eigenvalue weighted by Gasteiger charge is -2.19. The number of ketones is 1. The number of hydrogen-bond donors (Lipinski definition) is 6. The topological polar surface area (TPSA) is 326 Å². The van der Waals surface area contributed by atoms with Gasteiger partial charge in [-0.2, -0.15) is 32.2 Å². The Morgan fingerprint density at radius 3 is 2.12 bits per heavy atom. The first-order chi connectivity index (χ1) is 23.9. The minimum absolute atomic E-state index is 0.0118. The molecule has 2 aliphatic carbocycles. The number of nitrogens with zero attached hydrogens (tertiary/aromatic N) is 6. The molecule has 2 aliphatic rings. The number of hydrogen-bond acceptors (Lipinski definition) is 16. The number of nitrogens with two attached hydrogens (primary N) is 1. The molecule has 0 spiro atoms. The number of phenols is 1. The van der Waals surface area contributed by atoms with Crippen LogP contribution in [0.3, 0.4) is 0 Å². The highest BCUT2D eigenvalue weighted by Crippen LogP contribution is 2.41. The van der Waals surface area contributed by atoms with Crippen LogP contribution in [0.5, 0.6) is 5.75 Å². The number of allylic oxidation sites excluding steroid dienone is 5. The number of rotatable bonds is 9. The fourth-order valence-corrected chi connectivity index (χ4v) is 5.77. The Balaban J connectivity index is 1.50. The molecule has 0 atom stereocenters. The second kappa shape index (κ2) is 13.6. The zero-order chi connectivity index (χ0) is 37.2. The number of anilines is 2. The van der Waals surface area contributed by atoms with Crippen molar-refractivity contribution in [1.29, 1.82) is 0 Å². The molecule has 7 N–H and O–H groups in total. The monoisotopic (exact) mass is 736 g/mol. The number of carboxylic acids is 1. The van der Waals surface area contributed by atoms with Crippen LogP contribution < -0.4 is 11.2 Å². The van der Waals surface area contributed by atoms with E-state index in [4.69, 9.17) is 10.8 Å². The fraction of sp³-hybridized carbons (Fsp3) is 0. The van der Waals surface area contributed by atoms with Crippen molar-refractivity contribution >= 4 is 83.6 Å². The average molecular weight is 737 g/mol. The van der Waals surface area contributed by atoms with E-state index in [1.165, 1.54) is 42.5 Å². The van der Waals surface area contributed by atoms with Gasteiger partial charge in [-0.15, -0.1) is 10.2 Å². The molecule has 0 amide bonds. The van der Waals surface area contributed by atoms with Crippen LogP contribution in [0.1, 0.15) is 26.3 Å². The number of nitro benzene ring substituents is 1. The Hall–Kier alpha value is -6.75. The van der Waals surface area contributed by atoms with Crippen molar-refractivity contribution in [3.05, 3.63) is 105 Å². The Bertz CT molecular complexity index is 2470. The van der Waals surface area contributed by atoms with E-state index < -0.39 is 80.7 Å². The highest BCUT2D eigenvalue weighted by molar-refractivity contribution is 7.91. The van der Waals surface area contributed by atoms with Gasteiger partial charge < -0.3 is 15.9 Å². The van der Waals surface area contributed by atoms with E-state index >= 15 is 0 Å². The zero-order valence-corrected chi connectivity index (χ0v) is 26.8. The maximum atomic E-state index is 13.7. The molecule has 0 unspecified atom stereocenters. The van der Waals surface area contributed by atoms with E-state index in [1.807, 2.05) is 0 Å². The molecule has 0 aliphatic heterocycles. The minimum atomic E-state index is -5.20. The van der Waals surface area contributed by atoms with Gasteiger partial charge >= 0.3 is 5.97 Å². The summed E-state index contributed by atoms with van der Waals surface area (Å²) in [5, 5.41) is 48.9. The third-order valence-corrected chi connectivity index (χ3v) is 8.57. The second-order valence-corrected chi connectivity index (χ2v) is 13.0. The maximum absolute atomic E-state index is 13.7. The van der Waals surface area contributed by atoms with E-state index in [1.54, 1.807) is 0 Å². The Kier molecular flexibility index (Phi) is 9.50. The van der Waals surface area contributed by atoms with Gasteiger partial charge in [0.1, 0.15) is 26.8 Å². The van der Waals surface area contributed by atoms with Gasteiger partial charge in [-0.05, 0) is 72.3 Å². The molecule has 22 heteroatoms. The molecule has 0 heterocycles. The van der Waals surface area contributed by atoms with Crippen LogP contribution in [-0.4, -0.2) is 70.0 Å². The fourth-order valence-electron chi connectivity index (χ4n) is 4.44. The highest BCUT2D eigenvalue weighted by Gasteiger charge is 2.37. The molecule has 0 fully saturated rings. The van der Waals surface area contributed by atoms with Crippen molar-refractivity contribution in [3.63, 3.8) is 0 Å². The van der Waals surface area contributed by atoms with Crippen molar-refractivity contribution in [2.75, 3.05) is 11.2 Å². The zero-order valence-electron chi connectivity index (χ0n) is 25.1. The number of azo groups is 1. The number of carbonyl (C=O) groups is 2. The molecule has 3 aromatic carbocycles. The summed E-state index contributed by atoms with van der Waals surface area (Å²) >= 11 is 0. The number of hydrazone groups is 1. The summed E-state index contributed by atoms with van der Waals surface area (Å²) in [4.78, 5) is 33.1. The number of carboxylic acid groups (broad SMARTS) is 1. The summed E-state index contributed by atoms with van der Waals surface area (Å²) in [7, 11) is -10.3. The molecule has 0 aromatic heterocycles. The molecular formula is C29H20N8O12S2. The molecule has 0 bridgehead atoms. The summed E-state index contributed by atoms with van der Waals surface area (Å²) < 4.78 is 68.9. The van der Waals surface area contributed by atoms with Crippen molar-refractivity contribution < 1.29 is 50.7 Å². The number of carbonyl (C=O) groups excluding carboxylic acids is 1. The number of non-ortho nitro benzene ring substituents is 1. The van der Waals surface area contributed by atoms with E-state index in [0.717, 1.165) is 24.3 Å². The van der Waals surface area contributed by atoms with Crippen LogP contribution in [0, 0.1) is 10.1 Å². The van der Waals surface area contributed by atoms with Crippen LogP contribution in [0.4, 0.5) is 28.4 Å². The SMILES string of the molecule is Nc1c(N=Nc2ccc([N+](=O)[O-])cc2)c(S(=O)(=O)O)cc2c1C(=O)C(=NN=C1C=CC(=NNc3ccc(O)c(C(=O)O)c3)C=C1)C(S(=O)(=O)O)=C2. The summed E-state index contributed by atoms with van der Waals surface area (Å²) in [5.41, 5.74) is 5.38. The first-order valence-electron chi connectivity index (χ1n) is 13.7. The molecule has 51 heavy (non-hydrogen) atoms. The Labute approximate surface area is 285 Å². The van der Waals surface area contributed by atoms with Gasteiger partial charge in [0.05, 0.1) is 39.0 Å². The number of Topliss-reactive ketones (excluding diaryl/α,β-unsaturated/α-hetero) is 1. The third kappa shape index (κ3) is 7.78. The van der Waals surface area contributed by atoms with E-state index in [9.17, 15) is 50.8 Å². The standard InChI is InChI=1S/C29H20N8O12S2/c30-25-24-14(11-22(50(44,45)46)26(25)35-32-17-5-8-19(9-6-17)37(42)43)12-23(51(47,48)49)27(28(24)39)36-33-16-3-1-15(2-4-16)31-34-18-7-10-21(38)20(13-18)29(40)41/h1-13,34,38H,30H2,(H,40,41)(H,44,45,46)(H,47,48,49). The minimum Gasteiger partial charge on any atom is -0.507 e. The molecular weight excluding hydrogens is 716 g/mol. The van der Waals surface area contributed by atoms with E-state index in [2.05, 4.69) is 31.0 Å². The lowest BCUT2D eigenvalue weighted by molar-refractivity contribution is -0.384. The molecule has 0 saturated carbocycles. The van der Waals surface area contributed by atoms with Crippen LogP contribution >= 0.6 is 0 Å². The summed E-state index contributed by atoms with van der Waals surface area (Å²) in [5.74, 6) is -3.03. The van der Waals surface area contributed by atoms with Crippen LogP contribution in [-0.2, 0) is 20.2 Å². The Morgan fingerprint density at radius 1 is 0.882 bits per heavy atom. The number of nitro groups is 1. The van der Waals surface area contributed by atoms with Crippen molar-refractivity contribution in [1.82, 2.24) is 0 Å². The van der Waals surface area contributed by atoms with Crippen LogP contribution in [0.15, 0.2) is 108 Å². The maximum Gasteiger partial charge on any atom is 0.339 e. The van der Waals surface area contributed by atoms with Crippen molar-refractivity contribution in [2.24, 2.45) is 25.5 Å². The quantitative estimate of drug-likeness (QED) is 0.0343. The molecule has 0 saturated heterocycles. The average Bonchev–Trinajstić information content (AvgIpc) is 3.06. The lowest BCUT2D eigenvalue weighted by Crippen LogP contribution is -2.27. The lowest BCUT2D eigenvalue weighted by atomic mass is 9.92. The Morgan fingerprint density at radius 2 is 1.53 bits per heavy atom. The predicted molar refractivity (Wildman–Crippen MR) is 181 cm³/mol. The van der Waals surface area contributed by atoms with Gasteiger partial charge in [-0.25, -0.2) is 4.79 Å². The first kappa shape index (κ1) is 35.6. The predicted octanol–water partition coefficient (Wildman–Crippen LogP) is 4.06. The van der Waals surface area contributed by atoms with E-state index in [-0.39, 0.29) is 28.3 Å². The van der Waals surface area contributed by atoms with Gasteiger partial charge in [-0.3, -0.25) is 29.4 Å². The number of benzene rings is 3. The molecule has 20 nitrogen and oxygen atoms in total. The van der Waals surface area contributed by atoms with Gasteiger partial charge in [0.25, 0.3) is 25.9 Å². The molecule has 260 valence electrons. The summed E-state index contributed by atoms with van der Waals surface area (Å²) in [6, 6.07) is 8.89. The van der Waals surface area contributed by atoms with Gasteiger partial charge in [0.2, 0.25) is 5.78 Å². The number of nitrogen functional groups attached to an aromatic ring is 1. The van der Waals surface area contributed by atoms with Crippen molar-refractivity contribution in [2.45, 2.75) is 4.90 Å². The molecule has 5 rings (SSSR count). The molecule has 3 aromatic rings. The second-order valence-electron chi connectivity index (χ2n) is 10.2.